The number of anilines is 1. The molecule has 0 bridgehead atoms. The topological polar surface area (TPSA) is 29.5 Å². The number of rotatable bonds is 2. The zero-order chi connectivity index (χ0) is 10.8. The van der Waals surface area contributed by atoms with Crippen molar-refractivity contribution >= 4 is 11.8 Å². The van der Waals surface area contributed by atoms with Crippen LogP contribution in [0.2, 0.25) is 0 Å². The second kappa shape index (κ2) is 3.93. The molecular weight excluding hydrogens is 190 g/mol. The van der Waals surface area contributed by atoms with Crippen LogP contribution in [0.15, 0.2) is 24.3 Å². The monoisotopic (exact) mass is 205 g/mol. The van der Waals surface area contributed by atoms with E-state index in [1.54, 1.807) is 4.90 Å². The van der Waals surface area contributed by atoms with Crippen LogP contribution in [0.4, 0.5) is 10.5 Å². The lowest BCUT2D eigenvalue weighted by Gasteiger charge is -2.13. The summed E-state index contributed by atoms with van der Waals surface area (Å²) < 4.78 is 4.88. The van der Waals surface area contributed by atoms with Crippen molar-refractivity contribution in [1.82, 2.24) is 0 Å². The summed E-state index contributed by atoms with van der Waals surface area (Å²) in [5.74, 6) is 0.518. The third kappa shape index (κ3) is 1.96. The van der Waals surface area contributed by atoms with Crippen molar-refractivity contribution in [2.75, 3.05) is 18.1 Å². The Hall–Kier alpha value is -1.51. The van der Waals surface area contributed by atoms with Gasteiger partial charge >= 0.3 is 6.09 Å². The van der Waals surface area contributed by atoms with Gasteiger partial charge in [0.1, 0.15) is 6.61 Å². The molecule has 1 aliphatic heterocycles. The molecule has 1 aromatic rings. The van der Waals surface area contributed by atoms with Crippen molar-refractivity contribution in [2.24, 2.45) is 0 Å². The molecule has 1 heterocycles. The molecule has 0 spiro atoms. The molecule has 2 rings (SSSR count). The van der Waals surface area contributed by atoms with Gasteiger partial charge in [-0.3, -0.25) is 4.90 Å². The maximum atomic E-state index is 11.3. The van der Waals surface area contributed by atoms with Crippen molar-refractivity contribution in [2.45, 2.75) is 19.8 Å². The van der Waals surface area contributed by atoms with E-state index >= 15 is 0 Å². The number of amides is 1. The minimum absolute atomic E-state index is 0.243. The van der Waals surface area contributed by atoms with Gasteiger partial charge in [-0.2, -0.15) is 0 Å². The maximum absolute atomic E-state index is 11.3. The number of carbonyl (C=O) groups is 1. The van der Waals surface area contributed by atoms with Gasteiger partial charge in [-0.25, -0.2) is 4.79 Å². The minimum Gasteiger partial charge on any atom is -0.447 e. The average Bonchev–Trinajstić information content (AvgIpc) is 2.65. The van der Waals surface area contributed by atoms with E-state index in [0.29, 0.717) is 19.1 Å². The molecule has 1 saturated heterocycles. The van der Waals surface area contributed by atoms with Crippen LogP contribution in [0.1, 0.15) is 25.3 Å². The van der Waals surface area contributed by atoms with Crippen LogP contribution in [-0.4, -0.2) is 19.2 Å². The standard InChI is InChI=1S/C12H15NO2/c1-9(2)10-3-5-11(6-4-10)13-7-8-15-12(13)14/h3-6,9H,7-8H2,1-2H3. The van der Waals surface area contributed by atoms with Crippen LogP contribution in [-0.2, 0) is 4.74 Å². The first-order chi connectivity index (χ1) is 7.18. The average molecular weight is 205 g/mol. The lowest BCUT2D eigenvalue weighted by atomic mass is 10.0. The van der Waals surface area contributed by atoms with Crippen LogP contribution in [0.5, 0.6) is 0 Å². The highest BCUT2D eigenvalue weighted by Gasteiger charge is 2.23. The number of cyclic esters (lactones) is 1. The number of benzene rings is 1. The third-order valence-corrected chi connectivity index (χ3v) is 2.63. The maximum Gasteiger partial charge on any atom is 0.414 e. The fourth-order valence-electron chi connectivity index (χ4n) is 1.67. The summed E-state index contributed by atoms with van der Waals surface area (Å²) in [6, 6.07) is 8.07. The second-order valence-electron chi connectivity index (χ2n) is 4.01. The van der Waals surface area contributed by atoms with Crippen LogP contribution in [0.3, 0.4) is 0 Å². The fourth-order valence-corrected chi connectivity index (χ4v) is 1.67. The summed E-state index contributed by atoms with van der Waals surface area (Å²) in [7, 11) is 0. The van der Waals surface area contributed by atoms with Crippen molar-refractivity contribution in [1.29, 1.82) is 0 Å². The SMILES string of the molecule is CC(C)c1ccc(N2CCOC2=O)cc1. The third-order valence-electron chi connectivity index (χ3n) is 2.63. The van der Waals surface area contributed by atoms with Gasteiger partial charge in [0.25, 0.3) is 0 Å². The Labute approximate surface area is 89.7 Å². The first kappa shape index (κ1) is 10.0. The Morgan fingerprint density at radius 2 is 1.93 bits per heavy atom. The lowest BCUT2D eigenvalue weighted by molar-refractivity contribution is 0.181. The highest BCUT2D eigenvalue weighted by molar-refractivity contribution is 5.89. The van der Waals surface area contributed by atoms with E-state index < -0.39 is 0 Å². The zero-order valence-electron chi connectivity index (χ0n) is 9.06. The summed E-state index contributed by atoms with van der Waals surface area (Å²) >= 11 is 0. The van der Waals surface area contributed by atoms with E-state index in [1.165, 1.54) is 5.56 Å². The van der Waals surface area contributed by atoms with Gasteiger partial charge in [0, 0.05) is 5.69 Å². The highest BCUT2D eigenvalue weighted by atomic mass is 16.6. The summed E-state index contributed by atoms with van der Waals surface area (Å²) in [6.07, 6.45) is -0.243. The summed E-state index contributed by atoms with van der Waals surface area (Å²) in [4.78, 5) is 13.0. The Morgan fingerprint density at radius 1 is 1.27 bits per heavy atom. The van der Waals surface area contributed by atoms with E-state index in [2.05, 4.69) is 26.0 Å². The lowest BCUT2D eigenvalue weighted by Crippen LogP contribution is -2.23. The molecule has 15 heavy (non-hydrogen) atoms. The molecule has 0 aromatic heterocycles. The Balaban J connectivity index is 2.19. The van der Waals surface area contributed by atoms with Gasteiger partial charge in [-0.15, -0.1) is 0 Å². The van der Waals surface area contributed by atoms with E-state index in [0.717, 1.165) is 5.69 Å². The molecule has 0 N–H and O–H groups in total. The van der Waals surface area contributed by atoms with Gasteiger partial charge in [0.05, 0.1) is 6.54 Å². The number of hydrogen-bond acceptors (Lipinski definition) is 2. The van der Waals surface area contributed by atoms with Crippen LogP contribution < -0.4 is 4.90 Å². The molecule has 80 valence electrons. The first-order valence-electron chi connectivity index (χ1n) is 5.23. The number of carbonyl (C=O) groups excluding carboxylic acids is 1. The van der Waals surface area contributed by atoms with Crippen molar-refractivity contribution < 1.29 is 9.53 Å². The molecule has 1 amide bonds. The molecule has 1 fully saturated rings. The summed E-state index contributed by atoms with van der Waals surface area (Å²) in [5.41, 5.74) is 2.20. The van der Waals surface area contributed by atoms with Gasteiger partial charge in [0.2, 0.25) is 0 Å². The van der Waals surface area contributed by atoms with Gasteiger partial charge in [-0.05, 0) is 23.6 Å². The molecule has 0 aliphatic carbocycles. The second-order valence-corrected chi connectivity index (χ2v) is 4.01. The molecule has 0 atom stereocenters. The molecule has 0 radical (unpaired) electrons. The number of hydrogen-bond donors (Lipinski definition) is 0. The Kier molecular flexibility index (Phi) is 2.62. The number of nitrogens with zero attached hydrogens (tertiary/aromatic N) is 1. The molecule has 1 aliphatic rings. The smallest absolute Gasteiger partial charge is 0.414 e. The van der Waals surface area contributed by atoms with E-state index in [4.69, 9.17) is 4.74 Å². The van der Waals surface area contributed by atoms with Crippen LogP contribution in [0.25, 0.3) is 0 Å². The molecule has 0 unspecified atom stereocenters. The Bertz CT molecular complexity index is 356. The van der Waals surface area contributed by atoms with E-state index in [1.807, 2.05) is 12.1 Å². The van der Waals surface area contributed by atoms with Crippen molar-refractivity contribution in [3.05, 3.63) is 29.8 Å². The van der Waals surface area contributed by atoms with Gasteiger partial charge in [0.15, 0.2) is 0 Å². The van der Waals surface area contributed by atoms with E-state index in [-0.39, 0.29) is 6.09 Å². The molecular formula is C12H15NO2. The van der Waals surface area contributed by atoms with Crippen molar-refractivity contribution in [3.8, 4) is 0 Å². The quantitative estimate of drug-likeness (QED) is 0.743. The summed E-state index contributed by atoms with van der Waals surface area (Å²) in [6.45, 7) is 5.45. The minimum atomic E-state index is -0.243. The molecule has 3 heteroatoms. The zero-order valence-corrected chi connectivity index (χ0v) is 9.06. The molecule has 0 saturated carbocycles. The highest BCUT2D eigenvalue weighted by Crippen LogP contribution is 2.22. The first-order valence-corrected chi connectivity index (χ1v) is 5.23. The van der Waals surface area contributed by atoms with Crippen molar-refractivity contribution in [3.63, 3.8) is 0 Å². The van der Waals surface area contributed by atoms with Gasteiger partial charge in [-0.1, -0.05) is 26.0 Å². The molecule has 1 aromatic carbocycles. The molecule has 3 nitrogen and oxygen atoms in total. The largest absolute Gasteiger partial charge is 0.447 e. The van der Waals surface area contributed by atoms with Crippen LogP contribution in [0, 0.1) is 0 Å². The summed E-state index contributed by atoms with van der Waals surface area (Å²) in [5, 5.41) is 0. The van der Waals surface area contributed by atoms with Gasteiger partial charge < -0.3 is 4.74 Å². The Morgan fingerprint density at radius 3 is 2.40 bits per heavy atom. The fraction of sp³-hybridized carbons (Fsp3) is 0.417. The predicted octanol–water partition coefficient (Wildman–Crippen LogP) is 2.77. The number of ether oxygens (including phenoxy) is 1. The normalized spacial score (nSPS) is 15.9. The van der Waals surface area contributed by atoms with Crippen LogP contribution >= 0.6 is 0 Å². The predicted molar refractivity (Wildman–Crippen MR) is 59.2 cm³/mol. The van der Waals surface area contributed by atoms with E-state index in [9.17, 15) is 4.79 Å².